The maximum Gasteiger partial charge on any atom is 0.233 e. The molecular weight excluding hydrogens is 578 g/mol. The second kappa shape index (κ2) is 13.2. The van der Waals surface area contributed by atoms with Crippen LogP contribution in [0.25, 0.3) is 0 Å². The highest BCUT2D eigenvalue weighted by molar-refractivity contribution is 6.07. The third-order valence-corrected chi connectivity index (χ3v) is 7.92. The van der Waals surface area contributed by atoms with Crippen molar-refractivity contribution in [1.82, 2.24) is 20.3 Å². The van der Waals surface area contributed by atoms with Gasteiger partial charge in [-0.25, -0.2) is 0 Å². The minimum atomic E-state index is -0.376. The van der Waals surface area contributed by atoms with E-state index in [2.05, 4.69) is 20.6 Å². The molecule has 0 aliphatic carbocycles. The van der Waals surface area contributed by atoms with E-state index in [4.69, 9.17) is 37.4 Å². The normalized spacial score (nSPS) is 22.7. The van der Waals surface area contributed by atoms with Crippen molar-refractivity contribution in [3.8, 4) is 11.5 Å². The van der Waals surface area contributed by atoms with Crippen molar-refractivity contribution in [2.45, 2.75) is 50.0 Å². The summed E-state index contributed by atoms with van der Waals surface area (Å²) >= 11 is 0. The van der Waals surface area contributed by atoms with E-state index >= 15 is 0 Å². The zero-order valence-electron chi connectivity index (χ0n) is 24.9. The minimum Gasteiger partial charge on any atom is -0.454 e. The number of amides is 1. The number of ether oxygens (including phenoxy) is 2. The number of nitrogens with two attached hydrogens (primary N) is 4. The van der Waals surface area contributed by atoms with Crippen molar-refractivity contribution in [3.63, 3.8) is 0 Å². The van der Waals surface area contributed by atoms with Crippen LogP contribution < -0.4 is 52.8 Å². The summed E-state index contributed by atoms with van der Waals surface area (Å²) in [6, 6.07) is 11.8. The van der Waals surface area contributed by atoms with E-state index < -0.39 is 0 Å². The molecule has 6 rings (SSSR count). The minimum absolute atomic E-state index is 0.0990. The Bertz CT molecular complexity index is 1470. The molecule has 0 spiro atoms. The van der Waals surface area contributed by atoms with Gasteiger partial charge >= 0.3 is 0 Å². The molecule has 4 heterocycles. The Balaban J connectivity index is 1.11. The van der Waals surface area contributed by atoms with Crippen LogP contribution in [0.2, 0.25) is 0 Å². The molecule has 15 heteroatoms. The Morgan fingerprint density at radius 1 is 0.778 bits per heavy atom. The molecule has 2 aromatic carbocycles. The number of carbonyl (C=O) groups is 2. The Labute approximate surface area is 260 Å². The number of Topliss-reactive ketones (excluding diaryl/α,β-unsaturated/α-hetero) is 1. The summed E-state index contributed by atoms with van der Waals surface area (Å²) in [5.41, 5.74) is 26.9. The number of ketones is 1. The first kappa shape index (κ1) is 30.5. The van der Waals surface area contributed by atoms with Crippen LogP contribution in [0.15, 0.2) is 42.5 Å². The summed E-state index contributed by atoms with van der Waals surface area (Å²) < 4.78 is 10.7. The number of carbonyl (C=O) groups excluding carboxylic acids is 2. The van der Waals surface area contributed by atoms with Crippen LogP contribution in [0, 0.1) is 0 Å². The van der Waals surface area contributed by atoms with Crippen LogP contribution in [0.5, 0.6) is 11.5 Å². The van der Waals surface area contributed by atoms with Gasteiger partial charge in [-0.15, -0.1) is 0 Å². The lowest BCUT2D eigenvalue weighted by molar-refractivity contribution is -0.120. The van der Waals surface area contributed by atoms with E-state index in [0.717, 1.165) is 18.4 Å². The Morgan fingerprint density at radius 3 is 1.96 bits per heavy atom. The molecule has 1 aromatic heterocycles. The number of nitrogens with one attached hydrogen (secondary N) is 2. The van der Waals surface area contributed by atoms with Gasteiger partial charge in [0.2, 0.25) is 30.5 Å². The van der Waals surface area contributed by atoms with E-state index in [9.17, 15) is 9.59 Å². The number of hydrogen-bond donors (Lipinski definition) is 6. The molecule has 0 radical (unpaired) electrons. The van der Waals surface area contributed by atoms with Gasteiger partial charge in [0.25, 0.3) is 0 Å². The molecule has 0 bridgehead atoms. The fourth-order valence-corrected chi connectivity index (χ4v) is 5.81. The number of nitrogens with zero attached hydrogens (tertiary/aromatic N) is 5. The molecule has 2 fully saturated rings. The smallest absolute Gasteiger partial charge is 0.233 e. The zero-order valence-corrected chi connectivity index (χ0v) is 24.9. The van der Waals surface area contributed by atoms with Crippen LogP contribution >= 0.6 is 0 Å². The number of fused-ring (bicyclic) bond motifs is 1. The third kappa shape index (κ3) is 7.57. The van der Waals surface area contributed by atoms with Gasteiger partial charge in [-0.05, 0) is 54.8 Å². The average Bonchev–Trinajstić information content (AvgIpc) is 3.47. The van der Waals surface area contributed by atoms with Gasteiger partial charge in [0.05, 0.1) is 6.42 Å². The van der Waals surface area contributed by atoms with Gasteiger partial charge in [0, 0.05) is 68.1 Å². The molecule has 3 aliphatic heterocycles. The zero-order chi connectivity index (χ0) is 31.5. The quantitative estimate of drug-likeness (QED) is 0.137. The molecule has 0 unspecified atom stereocenters. The second-order valence-electron chi connectivity index (χ2n) is 11.8. The number of hydrogen-bond acceptors (Lipinski definition) is 14. The lowest BCUT2D eigenvalue weighted by Gasteiger charge is -2.37. The van der Waals surface area contributed by atoms with Gasteiger partial charge in [-0.1, -0.05) is 6.07 Å². The van der Waals surface area contributed by atoms with E-state index in [-0.39, 0.29) is 55.6 Å². The average molecular weight is 618 g/mol. The van der Waals surface area contributed by atoms with Crippen molar-refractivity contribution < 1.29 is 19.1 Å². The lowest BCUT2D eigenvalue weighted by atomic mass is 10.0. The first-order chi connectivity index (χ1) is 21.7. The fourth-order valence-electron chi connectivity index (χ4n) is 5.81. The van der Waals surface area contributed by atoms with Crippen molar-refractivity contribution in [2.24, 2.45) is 22.9 Å². The molecular formula is C30H39N11O4. The summed E-state index contributed by atoms with van der Waals surface area (Å²) in [4.78, 5) is 43.4. The van der Waals surface area contributed by atoms with Crippen LogP contribution in [-0.2, 0) is 11.3 Å². The topological polar surface area (TPSA) is 226 Å². The summed E-state index contributed by atoms with van der Waals surface area (Å²) in [7, 11) is 0. The Kier molecular flexibility index (Phi) is 8.93. The van der Waals surface area contributed by atoms with Crippen molar-refractivity contribution in [2.75, 3.05) is 48.1 Å². The largest absolute Gasteiger partial charge is 0.454 e. The van der Waals surface area contributed by atoms with E-state index in [0.29, 0.717) is 66.8 Å². The van der Waals surface area contributed by atoms with Gasteiger partial charge in [0.15, 0.2) is 17.3 Å². The monoisotopic (exact) mass is 617 g/mol. The summed E-state index contributed by atoms with van der Waals surface area (Å²) in [5, 5.41) is 6.00. The number of benzene rings is 2. The van der Waals surface area contributed by atoms with Crippen LogP contribution in [0.3, 0.4) is 0 Å². The van der Waals surface area contributed by atoms with E-state index in [1.807, 2.05) is 15.9 Å². The van der Waals surface area contributed by atoms with E-state index in [1.54, 1.807) is 36.4 Å². The van der Waals surface area contributed by atoms with Crippen molar-refractivity contribution in [3.05, 3.63) is 53.6 Å². The molecule has 10 N–H and O–H groups in total. The standard InChI is InChI=1S/C30H39N11O4/c31-19-8-20(32)13-40(12-19)29-37-28(38-30(39-29)41-14-21(33)9-22(34)15-41)36-23-4-2-18(3-5-23)24(42)10-27(43)35-11-17-1-6-25-26(7-17)45-16-44-25/h1-7,19-22H,8-16,31-34H2,(H,35,43)(H,36,37,38,39)/t19-,20+,21-,22+. The maximum atomic E-state index is 12.8. The van der Waals surface area contributed by atoms with Crippen molar-refractivity contribution in [1.29, 1.82) is 0 Å². The molecule has 3 aromatic rings. The first-order valence-corrected chi connectivity index (χ1v) is 15.0. The highest BCUT2D eigenvalue weighted by Crippen LogP contribution is 2.32. The highest BCUT2D eigenvalue weighted by atomic mass is 16.7. The predicted octanol–water partition coefficient (Wildman–Crippen LogP) is -0.0375. The van der Waals surface area contributed by atoms with Crippen LogP contribution in [0.1, 0.15) is 35.2 Å². The van der Waals surface area contributed by atoms with Crippen LogP contribution in [0.4, 0.5) is 23.5 Å². The second-order valence-corrected chi connectivity index (χ2v) is 11.8. The van der Waals surface area contributed by atoms with E-state index in [1.165, 1.54) is 0 Å². The Hall–Kier alpha value is -4.57. The lowest BCUT2D eigenvalue weighted by Crippen LogP contribution is -2.54. The van der Waals surface area contributed by atoms with Gasteiger partial charge in [-0.2, -0.15) is 15.0 Å². The molecule has 3 aliphatic rings. The molecule has 1 amide bonds. The molecule has 0 saturated carbocycles. The summed E-state index contributed by atoms with van der Waals surface area (Å²) in [5.74, 6) is 1.86. The highest BCUT2D eigenvalue weighted by Gasteiger charge is 2.29. The molecule has 45 heavy (non-hydrogen) atoms. The van der Waals surface area contributed by atoms with Gasteiger partial charge in [-0.3, -0.25) is 9.59 Å². The predicted molar refractivity (Wildman–Crippen MR) is 168 cm³/mol. The number of rotatable bonds is 9. The van der Waals surface area contributed by atoms with Crippen LogP contribution in [-0.4, -0.2) is 83.8 Å². The Morgan fingerprint density at radius 2 is 1.36 bits per heavy atom. The number of piperidine rings is 2. The van der Waals surface area contributed by atoms with Crippen molar-refractivity contribution >= 4 is 35.2 Å². The van der Waals surface area contributed by atoms with Gasteiger partial charge in [0.1, 0.15) is 0 Å². The SMILES string of the molecule is N[C@@H]1C[C@H](N)CN(c2nc(Nc3ccc(C(=O)CC(=O)NCc4ccc5c(c4)OCO5)cc3)nc(N3C[C@H](N)C[C@H](N)C3)n2)C1. The fraction of sp³-hybridized carbons (Fsp3) is 0.433. The first-order valence-electron chi connectivity index (χ1n) is 15.0. The summed E-state index contributed by atoms with van der Waals surface area (Å²) in [6.45, 7) is 2.71. The number of anilines is 4. The molecule has 2 saturated heterocycles. The summed E-state index contributed by atoms with van der Waals surface area (Å²) in [6.07, 6.45) is 1.17. The molecule has 15 nitrogen and oxygen atoms in total. The number of aromatic nitrogens is 3. The maximum absolute atomic E-state index is 12.8. The third-order valence-electron chi connectivity index (χ3n) is 7.92. The molecule has 238 valence electrons. The van der Waals surface area contributed by atoms with Gasteiger partial charge < -0.3 is 52.8 Å². The molecule has 4 atom stereocenters.